The molecule has 1 fully saturated rings. The third-order valence-corrected chi connectivity index (χ3v) is 5.82. The minimum Gasteiger partial charge on any atom is -0.342 e. The van der Waals surface area contributed by atoms with Gasteiger partial charge in [-0.3, -0.25) is 9.59 Å². The van der Waals surface area contributed by atoms with Gasteiger partial charge in [0, 0.05) is 36.7 Å². The van der Waals surface area contributed by atoms with E-state index in [2.05, 4.69) is 10.3 Å². The van der Waals surface area contributed by atoms with Crippen LogP contribution in [0, 0.1) is 0 Å². The number of piperidine rings is 1. The largest absolute Gasteiger partial charge is 0.342 e. The van der Waals surface area contributed by atoms with Gasteiger partial charge in [0.2, 0.25) is 5.91 Å². The third kappa shape index (κ3) is 3.05. The summed E-state index contributed by atoms with van der Waals surface area (Å²) in [6.07, 6.45) is 2.99. The third-order valence-electron chi connectivity index (χ3n) is 5.82. The van der Waals surface area contributed by atoms with Crippen LogP contribution in [0.2, 0.25) is 0 Å². The van der Waals surface area contributed by atoms with Crippen molar-refractivity contribution in [3.8, 4) is 0 Å². The Hall–Kier alpha value is -3.15. The number of aryl methyl sites for hydroxylation is 1. The Morgan fingerprint density at radius 3 is 2.71 bits per heavy atom. The van der Waals surface area contributed by atoms with Gasteiger partial charge in [-0.05, 0) is 55.2 Å². The van der Waals surface area contributed by atoms with Crippen LogP contribution in [-0.4, -0.2) is 39.8 Å². The minimum absolute atomic E-state index is 0.0410. The van der Waals surface area contributed by atoms with Crippen LogP contribution in [0.1, 0.15) is 46.9 Å². The van der Waals surface area contributed by atoms with Crippen LogP contribution >= 0.6 is 0 Å². The lowest BCUT2D eigenvalue weighted by Crippen LogP contribution is -2.38. The number of hydrogen-bond donors (Lipinski definition) is 2. The van der Waals surface area contributed by atoms with E-state index in [1.54, 1.807) is 0 Å². The molecule has 2 aromatic carbocycles. The van der Waals surface area contributed by atoms with E-state index in [4.69, 9.17) is 4.98 Å². The molecule has 6 heteroatoms. The van der Waals surface area contributed by atoms with Crippen LogP contribution < -0.4 is 5.32 Å². The number of imidazole rings is 1. The lowest BCUT2D eigenvalue weighted by molar-refractivity contribution is -0.116. The van der Waals surface area contributed by atoms with Crippen molar-refractivity contribution >= 4 is 28.5 Å². The van der Waals surface area contributed by atoms with Crippen LogP contribution in [0.4, 0.5) is 5.69 Å². The van der Waals surface area contributed by atoms with Crippen molar-refractivity contribution in [1.82, 2.24) is 14.9 Å². The molecule has 1 saturated heterocycles. The van der Waals surface area contributed by atoms with E-state index < -0.39 is 0 Å². The van der Waals surface area contributed by atoms with E-state index in [0.29, 0.717) is 24.3 Å². The molecule has 142 valence electrons. The van der Waals surface area contributed by atoms with Crippen LogP contribution in [0.5, 0.6) is 0 Å². The molecule has 0 saturated carbocycles. The van der Waals surface area contributed by atoms with Crippen molar-refractivity contribution in [2.24, 2.45) is 0 Å². The molecule has 0 unspecified atom stereocenters. The molecule has 1 aromatic heterocycles. The maximum absolute atomic E-state index is 12.9. The topological polar surface area (TPSA) is 78.1 Å². The number of aromatic nitrogens is 2. The predicted octanol–water partition coefficient (Wildman–Crippen LogP) is 3.47. The van der Waals surface area contributed by atoms with Crippen LogP contribution in [0.15, 0.2) is 42.5 Å². The van der Waals surface area contributed by atoms with E-state index in [0.717, 1.165) is 54.0 Å². The maximum Gasteiger partial charge on any atom is 0.253 e. The smallest absolute Gasteiger partial charge is 0.253 e. The van der Waals surface area contributed by atoms with Gasteiger partial charge in [0.1, 0.15) is 5.82 Å². The molecule has 2 aliphatic rings. The molecular formula is C22H22N4O2. The highest BCUT2D eigenvalue weighted by Crippen LogP contribution is 2.29. The number of hydrogen-bond acceptors (Lipinski definition) is 3. The average Bonchev–Trinajstić information content (AvgIpc) is 3.17. The second kappa shape index (κ2) is 6.78. The first-order valence-corrected chi connectivity index (χ1v) is 9.84. The first-order chi connectivity index (χ1) is 13.7. The fourth-order valence-electron chi connectivity index (χ4n) is 4.22. The maximum atomic E-state index is 12.9. The Kier molecular flexibility index (Phi) is 4.11. The summed E-state index contributed by atoms with van der Waals surface area (Å²) < 4.78 is 0. The zero-order chi connectivity index (χ0) is 19.1. The molecule has 3 heterocycles. The lowest BCUT2D eigenvalue weighted by atomic mass is 9.95. The number of likely N-dealkylation sites (tertiary alicyclic amines) is 1. The number of H-pyrrole nitrogens is 1. The fourth-order valence-corrected chi connectivity index (χ4v) is 4.22. The number of para-hydroxylation sites is 2. The minimum atomic E-state index is 0.0410. The van der Waals surface area contributed by atoms with Crippen LogP contribution in [0.25, 0.3) is 11.0 Å². The summed E-state index contributed by atoms with van der Waals surface area (Å²) in [6, 6.07) is 13.7. The monoisotopic (exact) mass is 374 g/mol. The lowest BCUT2D eigenvalue weighted by Gasteiger charge is -2.31. The molecular weight excluding hydrogens is 352 g/mol. The number of aromatic amines is 1. The predicted molar refractivity (Wildman–Crippen MR) is 107 cm³/mol. The molecule has 2 aliphatic heterocycles. The Morgan fingerprint density at radius 1 is 1.07 bits per heavy atom. The molecule has 0 atom stereocenters. The fraction of sp³-hybridized carbons (Fsp3) is 0.318. The highest BCUT2D eigenvalue weighted by atomic mass is 16.2. The molecule has 5 rings (SSSR count). The number of benzene rings is 2. The van der Waals surface area contributed by atoms with Gasteiger partial charge in [0.15, 0.2) is 0 Å². The molecule has 6 nitrogen and oxygen atoms in total. The molecule has 3 aromatic rings. The zero-order valence-corrected chi connectivity index (χ0v) is 15.6. The van der Waals surface area contributed by atoms with Gasteiger partial charge >= 0.3 is 0 Å². The number of nitrogens with zero attached hydrogens (tertiary/aromatic N) is 2. The van der Waals surface area contributed by atoms with Crippen molar-refractivity contribution in [3.63, 3.8) is 0 Å². The summed E-state index contributed by atoms with van der Waals surface area (Å²) in [7, 11) is 0. The number of fused-ring (bicyclic) bond motifs is 2. The van der Waals surface area contributed by atoms with E-state index in [1.807, 2.05) is 47.4 Å². The number of rotatable bonds is 2. The highest BCUT2D eigenvalue weighted by Gasteiger charge is 2.27. The molecule has 0 spiro atoms. The van der Waals surface area contributed by atoms with Crippen molar-refractivity contribution < 1.29 is 9.59 Å². The van der Waals surface area contributed by atoms with E-state index in [1.165, 1.54) is 0 Å². The SMILES string of the molecule is O=C1CCc2cc(C(=O)N3CCC(c4nc5ccccc5[nH]4)CC3)ccc2N1. The van der Waals surface area contributed by atoms with Crippen LogP contribution in [0.3, 0.4) is 0 Å². The Balaban J connectivity index is 1.27. The number of carbonyl (C=O) groups is 2. The summed E-state index contributed by atoms with van der Waals surface area (Å²) in [5.41, 5.74) is 4.64. The normalized spacial score (nSPS) is 17.4. The summed E-state index contributed by atoms with van der Waals surface area (Å²) >= 11 is 0. The van der Waals surface area contributed by atoms with Gasteiger partial charge in [-0.25, -0.2) is 4.98 Å². The molecule has 2 amide bonds. The van der Waals surface area contributed by atoms with Gasteiger partial charge in [0.25, 0.3) is 5.91 Å². The molecule has 0 radical (unpaired) electrons. The number of amides is 2. The molecule has 28 heavy (non-hydrogen) atoms. The molecule has 0 bridgehead atoms. The first-order valence-electron chi connectivity index (χ1n) is 9.84. The second-order valence-electron chi connectivity index (χ2n) is 7.63. The van der Waals surface area contributed by atoms with E-state index in [-0.39, 0.29) is 11.8 Å². The summed E-state index contributed by atoms with van der Waals surface area (Å²) in [4.78, 5) is 34.5. The van der Waals surface area contributed by atoms with E-state index in [9.17, 15) is 9.59 Å². The van der Waals surface area contributed by atoms with Gasteiger partial charge in [-0.1, -0.05) is 12.1 Å². The molecule has 2 N–H and O–H groups in total. The highest BCUT2D eigenvalue weighted by molar-refractivity contribution is 5.98. The average molecular weight is 374 g/mol. The van der Waals surface area contributed by atoms with Crippen LogP contribution in [-0.2, 0) is 11.2 Å². The number of anilines is 1. The Morgan fingerprint density at radius 2 is 1.89 bits per heavy atom. The van der Waals surface area contributed by atoms with Gasteiger partial charge in [0.05, 0.1) is 11.0 Å². The van der Waals surface area contributed by atoms with Crippen molar-refractivity contribution in [2.75, 3.05) is 18.4 Å². The number of carbonyl (C=O) groups excluding carboxylic acids is 2. The van der Waals surface area contributed by atoms with Crippen molar-refractivity contribution in [3.05, 3.63) is 59.4 Å². The van der Waals surface area contributed by atoms with Gasteiger partial charge in [-0.15, -0.1) is 0 Å². The van der Waals surface area contributed by atoms with Gasteiger partial charge in [-0.2, -0.15) is 0 Å². The first kappa shape index (κ1) is 17.0. The Labute approximate surface area is 163 Å². The standard InChI is InChI=1S/C22H22N4O2/c27-20-8-6-15-13-16(5-7-17(15)23-20)22(28)26-11-9-14(10-12-26)21-24-18-3-1-2-4-19(18)25-21/h1-5,7,13-14H,6,8-12H2,(H,23,27)(H,24,25). The summed E-state index contributed by atoms with van der Waals surface area (Å²) in [6.45, 7) is 1.46. The summed E-state index contributed by atoms with van der Waals surface area (Å²) in [5, 5.41) is 2.87. The second-order valence-corrected chi connectivity index (χ2v) is 7.63. The Bertz CT molecular complexity index is 1030. The van der Waals surface area contributed by atoms with Gasteiger partial charge < -0.3 is 15.2 Å². The summed E-state index contributed by atoms with van der Waals surface area (Å²) in [5.74, 6) is 1.50. The quantitative estimate of drug-likeness (QED) is 0.721. The van der Waals surface area contributed by atoms with E-state index >= 15 is 0 Å². The molecule has 0 aliphatic carbocycles. The van der Waals surface area contributed by atoms with Crippen molar-refractivity contribution in [1.29, 1.82) is 0 Å². The zero-order valence-electron chi connectivity index (χ0n) is 15.6. The number of nitrogens with one attached hydrogen (secondary N) is 2. The van der Waals surface area contributed by atoms with Crippen molar-refractivity contribution in [2.45, 2.75) is 31.6 Å².